The van der Waals surface area contributed by atoms with Crippen molar-refractivity contribution < 1.29 is 4.74 Å². The Bertz CT molecular complexity index is 246. The first kappa shape index (κ1) is 10.8. The summed E-state index contributed by atoms with van der Waals surface area (Å²) in [6, 6.07) is 0.168. The fourth-order valence-corrected chi connectivity index (χ4v) is 1.44. The van der Waals surface area contributed by atoms with Crippen LogP contribution in [0.15, 0.2) is 9.98 Å². The summed E-state index contributed by atoms with van der Waals surface area (Å²) in [7, 11) is 0. The molecule has 1 rings (SSSR count). The maximum atomic E-state index is 5.51. The average molecular weight is 199 g/mol. The van der Waals surface area contributed by atoms with E-state index < -0.39 is 0 Å². The Hall–Kier alpha value is -1.30. The zero-order valence-corrected chi connectivity index (χ0v) is 8.31. The Balaban J connectivity index is 2.53. The topological polar surface area (TPSA) is 112 Å². The lowest BCUT2D eigenvalue weighted by atomic mass is 10.1. The molecule has 0 amide bonds. The van der Waals surface area contributed by atoms with Crippen molar-refractivity contribution >= 4 is 11.9 Å². The molecule has 0 aromatic rings. The summed E-state index contributed by atoms with van der Waals surface area (Å²) in [6.07, 6.45) is 1.95. The molecule has 2 unspecified atom stereocenters. The number of hydrogen-bond acceptors (Lipinski definition) is 2. The Morgan fingerprint density at radius 1 is 1.36 bits per heavy atom. The molecular formula is C8H17N5O. The van der Waals surface area contributed by atoms with E-state index in [9.17, 15) is 0 Å². The van der Waals surface area contributed by atoms with Gasteiger partial charge in [0.05, 0.1) is 12.1 Å². The van der Waals surface area contributed by atoms with Crippen molar-refractivity contribution in [2.24, 2.45) is 27.2 Å². The maximum Gasteiger partial charge on any atom is 0.218 e. The van der Waals surface area contributed by atoms with Crippen molar-refractivity contribution in [3.05, 3.63) is 0 Å². The molecular weight excluding hydrogens is 182 g/mol. The first-order chi connectivity index (χ1) is 6.58. The monoisotopic (exact) mass is 199 g/mol. The Kier molecular flexibility index (Phi) is 3.70. The van der Waals surface area contributed by atoms with Gasteiger partial charge in [0.15, 0.2) is 5.96 Å². The van der Waals surface area contributed by atoms with Gasteiger partial charge in [-0.25, -0.2) is 4.99 Å². The van der Waals surface area contributed by atoms with Crippen LogP contribution >= 0.6 is 0 Å². The van der Waals surface area contributed by atoms with Crippen molar-refractivity contribution in [3.8, 4) is 0 Å². The normalized spacial score (nSPS) is 28.5. The van der Waals surface area contributed by atoms with Gasteiger partial charge in [-0.1, -0.05) is 0 Å². The van der Waals surface area contributed by atoms with Gasteiger partial charge in [0.25, 0.3) is 0 Å². The van der Waals surface area contributed by atoms with Gasteiger partial charge >= 0.3 is 0 Å². The van der Waals surface area contributed by atoms with Gasteiger partial charge in [0.1, 0.15) is 0 Å². The van der Waals surface area contributed by atoms with Crippen LogP contribution in [0.3, 0.4) is 0 Å². The third-order valence-electron chi connectivity index (χ3n) is 2.02. The lowest BCUT2D eigenvalue weighted by molar-refractivity contribution is 0.0204. The zero-order chi connectivity index (χ0) is 10.6. The second kappa shape index (κ2) is 4.80. The fraction of sp³-hybridized carbons (Fsp3) is 0.750. The number of ether oxygens (including phenoxy) is 1. The molecule has 1 saturated heterocycles. The standard InChI is InChI=1S/C8H17N5O/c1-5-4-6(2-3-14-5)12-8(11)13-7(9)10/h5-6H,2-4H2,1H3,(H6,9,10,11,12,13). The summed E-state index contributed by atoms with van der Waals surface area (Å²) >= 11 is 0. The SMILES string of the molecule is CC1CC(N=C(N)N=C(N)N)CCO1. The molecule has 6 N–H and O–H groups in total. The third-order valence-corrected chi connectivity index (χ3v) is 2.02. The van der Waals surface area contributed by atoms with Crippen LogP contribution in [0.25, 0.3) is 0 Å². The minimum Gasteiger partial charge on any atom is -0.378 e. The highest BCUT2D eigenvalue weighted by Crippen LogP contribution is 2.16. The van der Waals surface area contributed by atoms with Crippen LogP contribution in [-0.4, -0.2) is 30.7 Å². The number of rotatable bonds is 1. The van der Waals surface area contributed by atoms with Crippen molar-refractivity contribution in [2.75, 3.05) is 6.61 Å². The van der Waals surface area contributed by atoms with Crippen LogP contribution in [0.4, 0.5) is 0 Å². The first-order valence-corrected chi connectivity index (χ1v) is 4.62. The third kappa shape index (κ3) is 3.61. The van der Waals surface area contributed by atoms with Gasteiger partial charge in [-0.2, -0.15) is 4.99 Å². The smallest absolute Gasteiger partial charge is 0.218 e. The van der Waals surface area contributed by atoms with Gasteiger partial charge in [-0.15, -0.1) is 0 Å². The van der Waals surface area contributed by atoms with Crippen LogP contribution in [-0.2, 0) is 4.74 Å². The van der Waals surface area contributed by atoms with E-state index in [1.807, 2.05) is 6.92 Å². The van der Waals surface area contributed by atoms with E-state index in [4.69, 9.17) is 21.9 Å². The molecule has 0 aromatic heterocycles. The first-order valence-electron chi connectivity index (χ1n) is 4.62. The predicted molar refractivity (Wildman–Crippen MR) is 55.9 cm³/mol. The van der Waals surface area contributed by atoms with E-state index in [2.05, 4.69) is 9.98 Å². The molecule has 1 aliphatic heterocycles. The summed E-state index contributed by atoms with van der Waals surface area (Å²) < 4.78 is 5.38. The van der Waals surface area contributed by atoms with Crippen LogP contribution < -0.4 is 17.2 Å². The molecule has 1 aliphatic rings. The zero-order valence-electron chi connectivity index (χ0n) is 8.31. The van der Waals surface area contributed by atoms with Crippen molar-refractivity contribution in [2.45, 2.75) is 31.9 Å². The molecule has 14 heavy (non-hydrogen) atoms. The highest BCUT2D eigenvalue weighted by atomic mass is 16.5. The molecule has 1 heterocycles. The van der Waals surface area contributed by atoms with E-state index in [-0.39, 0.29) is 24.1 Å². The van der Waals surface area contributed by atoms with E-state index in [1.54, 1.807) is 0 Å². The number of nitrogens with two attached hydrogens (primary N) is 3. The molecule has 2 atom stereocenters. The van der Waals surface area contributed by atoms with Gasteiger partial charge in [-0.05, 0) is 19.8 Å². The Labute approximate surface area is 83.2 Å². The fourth-order valence-electron chi connectivity index (χ4n) is 1.44. The van der Waals surface area contributed by atoms with Crippen LogP contribution in [0.1, 0.15) is 19.8 Å². The molecule has 0 spiro atoms. The summed E-state index contributed by atoms with van der Waals surface area (Å²) in [5, 5.41) is 0. The minimum atomic E-state index is -0.0636. The molecule has 0 aliphatic carbocycles. The second-order valence-corrected chi connectivity index (χ2v) is 3.38. The highest BCUT2D eigenvalue weighted by Gasteiger charge is 2.18. The summed E-state index contributed by atoms with van der Waals surface area (Å²) in [5.74, 6) is 0.0791. The van der Waals surface area contributed by atoms with E-state index in [0.717, 1.165) is 12.8 Å². The van der Waals surface area contributed by atoms with Crippen LogP contribution in [0, 0.1) is 0 Å². The quantitative estimate of drug-likeness (QED) is 0.377. The van der Waals surface area contributed by atoms with Gasteiger partial charge in [0, 0.05) is 6.61 Å². The van der Waals surface area contributed by atoms with Crippen molar-refractivity contribution in [1.29, 1.82) is 0 Å². The van der Waals surface area contributed by atoms with E-state index >= 15 is 0 Å². The maximum absolute atomic E-state index is 5.51. The van der Waals surface area contributed by atoms with Crippen LogP contribution in [0.2, 0.25) is 0 Å². The predicted octanol–water partition coefficient (Wildman–Crippen LogP) is -0.858. The highest BCUT2D eigenvalue weighted by molar-refractivity contribution is 5.92. The van der Waals surface area contributed by atoms with Crippen LogP contribution in [0.5, 0.6) is 0 Å². The lowest BCUT2D eigenvalue weighted by Gasteiger charge is -2.24. The number of guanidine groups is 2. The summed E-state index contributed by atoms with van der Waals surface area (Å²) in [6.45, 7) is 2.73. The average Bonchev–Trinajstić information content (AvgIpc) is 2.01. The molecule has 1 fully saturated rings. The van der Waals surface area contributed by atoms with E-state index in [0.29, 0.717) is 6.61 Å². The lowest BCUT2D eigenvalue weighted by Crippen LogP contribution is -2.30. The molecule has 0 bridgehead atoms. The minimum absolute atomic E-state index is 0.0636. The molecule has 0 saturated carbocycles. The summed E-state index contributed by atoms with van der Waals surface area (Å²) in [4.78, 5) is 7.85. The second-order valence-electron chi connectivity index (χ2n) is 3.38. The molecule has 6 nitrogen and oxygen atoms in total. The number of hydrogen-bond donors (Lipinski definition) is 3. The van der Waals surface area contributed by atoms with Crippen molar-refractivity contribution in [3.63, 3.8) is 0 Å². The van der Waals surface area contributed by atoms with Gasteiger partial charge in [0.2, 0.25) is 5.96 Å². The number of aliphatic imine (C=N–C) groups is 2. The van der Waals surface area contributed by atoms with Gasteiger partial charge in [-0.3, -0.25) is 0 Å². The molecule has 6 heteroatoms. The molecule has 0 aromatic carbocycles. The number of nitrogens with zero attached hydrogens (tertiary/aromatic N) is 2. The van der Waals surface area contributed by atoms with E-state index in [1.165, 1.54) is 0 Å². The Morgan fingerprint density at radius 3 is 2.64 bits per heavy atom. The largest absolute Gasteiger partial charge is 0.378 e. The summed E-state index contributed by atoms with van der Waals surface area (Å²) in [5.41, 5.74) is 15.8. The molecule has 80 valence electrons. The van der Waals surface area contributed by atoms with Gasteiger partial charge < -0.3 is 21.9 Å². The molecule has 0 radical (unpaired) electrons. The Morgan fingerprint density at radius 2 is 2.07 bits per heavy atom. The van der Waals surface area contributed by atoms with Crippen molar-refractivity contribution in [1.82, 2.24) is 0 Å².